The Kier molecular flexibility index (Phi) is 8.45. The summed E-state index contributed by atoms with van der Waals surface area (Å²) in [5.41, 5.74) is -1.87. The molecule has 3 aromatic carbocycles. The maximum Gasteiger partial charge on any atom is 0.339 e. The van der Waals surface area contributed by atoms with Gasteiger partial charge >= 0.3 is 5.97 Å². The summed E-state index contributed by atoms with van der Waals surface area (Å²) in [6, 6.07) is 7.00. The number of benzene rings is 3. The second kappa shape index (κ2) is 11.1. The summed E-state index contributed by atoms with van der Waals surface area (Å²) in [7, 11) is -4.88. The van der Waals surface area contributed by atoms with E-state index in [1.54, 1.807) is 0 Å². The minimum absolute atomic E-state index is 0.0156. The molecule has 3 aromatic rings. The first-order chi connectivity index (χ1) is 16.6. The van der Waals surface area contributed by atoms with E-state index < -0.39 is 43.7 Å². The van der Waals surface area contributed by atoms with Crippen LogP contribution in [0.15, 0.2) is 61.3 Å². The smallest absolute Gasteiger partial charge is 0.339 e. The molecule has 15 nitrogen and oxygen atoms in total. The van der Waals surface area contributed by atoms with E-state index in [1.807, 2.05) is 0 Å². The summed E-state index contributed by atoms with van der Waals surface area (Å²) in [5, 5.41) is 62.0. The first-order valence-corrected chi connectivity index (χ1v) is 11.6. The molecule has 0 aliphatic carbocycles. The highest BCUT2D eigenvalue weighted by molar-refractivity contribution is 7.95. The molecule has 0 unspecified atom stereocenters. The van der Waals surface area contributed by atoms with Gasteiger partial charge in [-0.15, -0.1) is 18.9 Å². The fourth-order valence-electron chi connectivity index (χ4n) is 2.73. The van der Waals surface area contributed by atoms with Crippen molar-refractivity contribution in [1.29, 1.82) is 0 Å². The Morgan fingerprint density at radius 2 is 1.60 bits per heavy atom. The lowest BCUT2D eigenvalue weighted by Gasteiger charge is -2.10. The van der Waals surface area contributed by atoms with E-state index in [4.69, 9.17) is 10.5 Å². The Morgan fingerprint density at radius 3 is 2.23 bits per heavy atom. The molecule has 0 fully saturated rings. The predicted octanol–water partition coefficient (Wildman–Crippen LogP) is 4.47. The average Bonchev–Trinajstić information content (AvgIpc) is 2.80. The van der Waals surface area contributed by atoms with Gasteiger partial charge in [0.15, 0.2) is 11.5 Å². The molecule has 0 atom stereocenters. The number of carbonyl (C=O) groups is 1. The van der Waals surface area contributed by atoms with Gasteiger partial charge in [0.25, 0.3) is 10.1 Å². The third-order valence-corrected chi connectivity index (χ3v) is 6.21. The van der Waals surface area contributed by atoms with Gasteiger partial charge in [0.05, 0.1) is 33.9 Å². The van der Waals surface area contributed by atoms with E-state index in [9.17, 15) is 33.1 Å². The van der Waals surface area contributed by atoms with Gasteiger partial charge in [-0.05, 0) is 41.8 Å². The number of fused-ring (bicyclic) bond motifs is 1. The van der Waals surface area contributed by atoms with Crippen LogP contribution in [0.3, 0.4) is 0 Å². The quantitative estimate of drug-likeness (QED) is 0.0674. The summed E-state index contributed by atoms with van der Waals surface area (Å²) in [5.74, 6) is -3.17. The lowest BCUT2D eigenvalue weighted by molar-refractivity contribution is -0.432. The fraction of sp³-hybridized carbons (Fsp3) is 0. The van der Waals surface area contributed by atoms with Crippen molar-refractivity contribution in [2.24, 2.45) is 10.2 Å². The fourth-order valence-corrected chi connectivity index (χ4v) is 4.16. The Labute approximate surface area is 203 Å². The van der Waals surface area contributed by atoms with Crippen LogP contribution < -0.4 is 0 Å². The number of azo groups is 1. The molecule has 0 amide bonds. The molecule has 35 heavy (non-hydrogen) atoms. The van der Waals surface area contributed by atoms with Gasteiger partial charge in [-0.25, -0.2) is 15.3 Å². The van der Waals surface area contributed by atoms with Crippen LogP contribution in [-0.4, -0.2) is 44.8 Å². The second-order valence-corrected chi connectivity index (χ2v) is 9.16. The Balaban J connectivity index is 2.17. The summed E-state index contributed by atoms with van der Waals surface area (Å²) in [6.45, 7) is 0. The van der Waals surface area contributed by atoms with Gasteiger partial charge in [0.1, 0.15) is 16.9 Å². The van der Waals surface area contributed by atoms with Crippen molar-refractivity contribution in [3.8, 4) is 11.5 Å². The molecule has 0 heterocycles. The summed E-state index contributed by atoms with van der Waals surface area (Å²) >= 11 is 1.01. The number of aromatic hydroxyl groups is 2. The number of nitrogens with zero attached hydrogens (tertiary/aromatic N) is 2. The zero-order chi connectivity index (χ0) is 25.8. The highest BCUT2D eigenvalue weighted by atomic mass is 32.2. The first-order valence-electron chi connectivity index (χ1n) is 8.65. The number of hydrogen-bond donors (Lipinski definition) is 6. The SMILES string of the molecule is O=C(O)c1cc(S(=O)(=O)O)cc(N=Nc2c(SOOO)cc3cc(SOOO)ccc3c2O)c1O. The monoisotopic (exact) mass is 548 g/mol. The van der Waals surface area contributed by atoms with Crippen LogP contribution in [0.1, 0.15) is 10.4 Å². The molecule has 3 rings (SSSR count). The van der Waals surface area contributed by atoms with Crippen molar-refractivity contribution in [2.45, 2.75) is 14.7 Å². The number of carboxylic acids is 1. The van der Waals surface area contributed by atoms with E-state index in [-0.39, 0.29) is 16.0 Å². The Hall–Kier alpha value is -3.04. The molecule has 6 N–H and O–H groups in total. The number of aromatic carboxylic acids is 1. The van der Waals surface area contributed by atoms with Gasteiger partial charge < -0.3 is 15.3 Å². The zero-order valence-electron chi connectivity index (χ0n) is 16.6. The van der Waals surface area contributed by atoms with Crippen LogP contribution >= 0.6 is 24.1 Å². The largest absolute Gasteiger partial charge is 0.505 e. The topological polar surface area (TPSA) is 234 Å². The van der Waals surface area contributed by atoms with E-state index in [0.29, 0.717) is 46.5 Å². The Bertz CT molecular complexity index is 1410. The average molecular weight is 548 g/mol. The first kappa shape index (κ1) is 26.6. The minimum atomic E-state index is -4.88. The van der Waals surface area contributed by atoms with E-state index in [2.05, 4.69) is 29.0 Å². The Morgan fingerprint density at radius 1 is 0.914 bits per heavy atom. The number of rotatable bonds is 10. The summed E-state index contributed by atoms with van der Waals surface area (Å²) in [4.78, 5) is 10.9. The molecule has 186 valence electrons. The van der Waals surface area contributed by atoms with Gasteiger partial charge in [0.2, 0.25) is 0 Å². The maximum absolute atomic E-state index is 11.5. The molecule has 0 saturated heterocycles. The molecule has 0 aromatic heterocycles. The zero-order valence-corrected chi connectivity index (χ0v) is 19.1. The molecule has 0 aliphatic heterocycles. The molecule has 0 saturated carbocycles. The number of phenolic OH excluding ortho intramolecular Hbond substituents is 1. The highest BCUT2D eigenvalue weighted by Gasteiger charge is 2.22. The van der Waals surface area contributed by atoms with Crippen LogP contribution in [0.5, 0.6) is 11.5 Å². The van der Waals surface area contributed by atoms with E-state index in [0.717, 1.165) is 0 Å². The van der Waals surface area contributed by atoms with Crippen LogP contribution in [-0.2, 0) is 28.9 Å². The molecule has 0 bridgehead atoms. The summed E-state index contributed by atoms with van der Waals surface area (Å²) in [6.07, 6.45) is 0. The second-order valence-electron chi connectivity index (χ2n) is 6.23. The van der Waals surface area contributed by atoms with Crippen LogP contribution in [0.2, 0.25) is 0 Å². The van der Waals surface area contributed by atoms with E-state index >= 15 is 0 Å². The van der Waals surface area contributed by atoms with Crippen LogP contribution in [0.4, 0.5) is 11.4 Å². The molecular weight excluding hydrogens is 536 g/mol. The van der Waals surface area contributed by atoms with Crippen molar-refractivity contribution in [1.82, 2.24) is 0 Å². The van der Waals surface area contributed by atoms with Crippen molar-refractivity contribution < 1.29 is 62.3 Å². The van der Waals surface area contributed by atoms with E-state index in [1.165, 1.54) is 24.3 Å². The standard InChI is InChI=1S/C17H12N2O13S3/c20-15-11(17(22)23)5-9(35(26,27)28)6-12(15)18-19-14-13(34-32-30-25)4-7-3-8(33-31-29-24)1-2-10(7)16(14)21/h1-6,20-21,24-25H,(H,22,23)(H,26,27,28). The van der Waals surface area contributed by atoms with Crippen molar-refractivity contribution in [2.75, 3.05) is 0 Å². The van der Waals surface area contributed by atoms with Crippen LogP contribution in [0.25, 0.3) is 10.8 Å². The highest BCUT2D eigenvalue weighted by Crippen LogP contribution is 2.45. The van der Waals surface area contributed by atoms with Gasteiger partial charge in [0, 0.05) is 10.3 Å². The van der Waals surface area contributed by atoms with Crippen molar-refractivity contribution >= 4 is 62.3 Å². The lowest BCUT2D eigenvalue weighted by Crippen LogP contribution is -2.03. The minimum Gasteiger partial charge on any atom is -0.505 e. The number of phenols is 2. The summed E-state index contributed by atoms with van der Waals surface area (Å²) < 4.78 is 41.0. The normalized spacial score (nSPS) is 12.0. The molecule has 0 radical (unpaired) electrons. The predicted molar refractivity (Wildman–Crippen MR) is 116 cm³/mol. The molecular formula is C17H12N2O13S3. The lowest BCUT2D eigenvalue weighted by atomic mass is 10.1. The maximum atomic E-state index is 11.5. The van der Waals surface area contributed by atoms with Crippen LogP contribution in [0, 0.1) is 0 Å². The van der Waals surface area contributed by atoms with Gasteiger partial charge in [-0.1, -0.05) is 10.1 Å². The third-order valence-electron chi connectivity index (χ3n) is 4.19. The molecule has 0 aliphatic rings. The molecule has 18 heteroatoms. The van der Waals surface area contributed by atoms with Gasteiger partial charge in [-0.2, -0.15) is 8.42 Å². The van der Waals surface area contributed by atoms with Crippen molar-refractivity contribution in [3.05, 3.63) is 42.0 Å². The van der Waals surface area contributed by atoms with Crippen molar-refractivity contribution in [3.63, 3.8) is 0 Å². The van der Waals surface area contributed by atoms with Gasteiger partial charge in [-0.3, -0.25) is 4.55 Å². The molecule has 0 spiro atoms. The number of carboxylic acid groups (broad SMARTS) is 1. The third kappa shape index (κ3) is 6.15. The number of hydrogen-bond acceptors (Lipinski definition) is 15.